The molecule has 5 heteroatoms. The Morgan fingerprint density at radius 1 is 0.793 bits per heavy atom. The monoisotopic (exact) mass is 417 g/mol. The predicted molar refractivity (Wildman–Crippen MR) is 125 cm³/mol. The molecule has 1 aromatic carbocycles. The Morgan fingerprint density at radius 2 is 1.48 bits per heavy atom. The van der Waals surface area contributed by atoms with Gasteiger partial charge in [-0.25, -0.2) is 4.98 Å². The summed E-state index contributed by atoms with van der Waals surface area (Å²) in [6.45, 7) is 4.96. The summed E-state index contributed by atoms with van der Waals surface area (Å²) in [6.07, 6.45) is 17.4. The van der Waals surface area contributed by atoms with Gasteiger partial charge in [-0.05, 0) is 25.5 Å². The molecule has 29 heavy (non-hydrogen) atoms. The number of aryl methyl sites for hydroxylation is 1. The summed E-state index contributed by atoms with van der Waals surface area (Å²) in [6, 6.07) is 12.1. The predicted octanol–water partition coefficient (Wildman–Crippen LogP) is 6.67. The van der Waals surface area contributed by atoms with Crippen LogP contribution in [0.25, 0.3) is 10.9 Å². The lowest BCUT2D eigenvalue weighted by Crippen LogP contribution is -2.13. The normalized spacial score (nSPS) is 10.1. The standard InChI is InChI=1S/C15H28N2O.C9H7N.ClH/c1-3-5-6-7-8-9-10-11-12-15-16-13-14-17(15)18-4-2;1-2-6-9-8(4-1)5-3-7-10-9;/h13-14H,3-12H2,1-2H3;1-7H;1H. The third-order valence-corrected chi connectivity index (χ3v) is 4.71. The molecule has 0 amide bonds. The SMILES string of the molecule is CCCCCCCCCCc1nccn1OCC.Cl.c1ccc2ncccc2c1. The van der Waals surface area contributed by atoms with E-state index >= 15 is 0 Å². The van der Waals surface area contributed by atoms with Crippen molar-refractivity contribution in [2.75, 3.05) is 6.61 Å². The van der Waals surface area contributed by atoms with Gasteiger partial charge < -0.3 is 4.84 Å². The van der Waals surface area contributed by atoms with Gasteiger partial charge in [0.25, 0.3) is 0 Å². The van der Waals surface area contributed by atoms with Gasteiger partial charge in [-0.1, -0.05) is 76.1 Å². The highest BCUT2D eigenvalue weighted by atomic mass is 35.5. The van der Waals surface area contributed by atoms with E-state index in [2.05, 4.69) is 29.0 Å². The van der Waals surface area contributed by atoms with Crippen LogP contribution in [-0.2, 0) is 6.42 Å². The summed E-state index contributed by atoms with van der Waals surface area (Å²) >= 11 is 0. The van der Waals surface area contributed by atoms with Gasteiger partial charge in [-0.3, -0.25) is 4.98 Å². The maximum absolute atomic E-state index is 5.45. The molecule has 0 saturated carbocycles. The van der Waals surface area contributed by atoms with Crippen LogP contribution in [0.4, 0.5) is 0 Å². The molecule has 0 aliphatic rings. The van der Waals surface area contributed by atoms with Gasteiger partial charge in [-0.2, -0.15) is 4.73 Å². The fraction of sp³-hybridized carbons (Fsp3) is 0.500. The van der Waals surface area contributed by atoms with Gasteiger partial charge in [0.2, 0.25) is 0 Å². The number of hydrogen-bond donors (Lipinski definition) is 0. The molecule has 0 bridgehead atoms. The number of para-hydroxylation sites is 1. The molecule has 0 radical (unpaired) electrons. The van der Waals surface area contributed by atoms with Gasteiger partial charge >= 0.3 is 0 Å². The quantitative estimate of drug-likeness (QED) is 0.327. The largest absolute Gasteiger partial charge is 0.413 e. The van der Waals surface area contributed by atoms with Crippen molar-refractivity contribution in [2.45, 2.75) is 71.6 Å². The number of nitrogens with zero attached hydrogens (tertiary/aromatic N) is 3. The van der Waals surface area contributed by atoms with Crippen LogP contribution < -0.4 is 4.84 Å². The number of pyridine rings is 1. The Balaban J connectivity index is 0.000000321. The van der Waals surface area contributed by atoms with E-state index in [1.807, 2.05) is 49.8 Å². The summed E-state index contributed by atoms with van der Waals surface area (Å²) in [5.74, 6) is 1.06. The van der Waals surface area contributed by atoms with Gasteiger partial charge in [0.15, 0.2) is 0 Å². The summed E-state index contributed by atoms with van der Waals surface area (Å²) in [5, 5.41) is 1.20. The van der Waals surface area contributed by atoms with Gasteiger partial charge in [-0.15, -0.1) is 12.4 Å². The number of hydrogen-bond acceptors (Lipinski definition) is 3. The number of halogens is 1. The first-order valence-electron chi connectivity index (χ1n) is 10.8. The molecule has 0 atom stereocenters. The molecule has 2 aromatic heterocycles. The Kier molecular flexibility index (Phi) is 13.6. The molecule has 3 aromatic rings. The van der Waals surface area contributed by atoms with Crippen molar-refractivity contribution in [2.24, 2.45) is 0 Å². The zero-order chi connectivity index (χ0) is 19.9. The van der Waals surface area contributed by atoms with Crippen molar-refractivity contribution < 1.29 is 4.84 Å². The number of fused-ring (bicyclic) bond motifs is 1. The molecule has 3 rings (SSSR count). The Bertz CT molecular complexity index is 710. The molecule has 0 saturated heterocycles. The summed E-state index contributed by atoms with van der Waals surface area (Å²) in [5.41, 5.74) is 1.06. The van der Waals surface area contributed by atoms with Crippen LogP contribution in [0.15, 0.2) is 55.0 Å². The molecule has 0 unspecified atom stereocenters. The van der Waals surface area contributed by atoms with Crippen LogP contribution in [0.5, 0.6) is 0 Å². The van der Waals surface area contributed by atoms with Crippen molar-refractivity contribution in [3.05, 3.63) is 60.8 Å². The molecule has 0 fully saturated rings. The number of aromatic nitrogens is 3. The first-order valence-corrected chi connectivity index (χ1v) is 10.8. The Labute approximate surface area is 182 Å². The third-order valence-electron chi connectivity index (χ3n) is 4.71. The van der Waals surface area contributed by atoms with E-state index in [4.69, 9.17) is 4.84 Å². The number of rotatable bonds is 11. The van der Waals surface area contributed by atoms with Gasteiger partial charge in [0.1, 0.15) is 12.4 Å². The molecule has 0 aliphatic carbocycles. The molecule has 0 N–H and O–H groups in total. The van der Waals surface area contributed by atoms with Gasteiger partial charge in [0, 0.05) is 24.2 Å². The molecular formula is C24H36ClN3O. The van der Waals surface area contributed by atoms with Crippen LogP contribution in [0.3, 0.4) is 0 Å². The first-order chi connectivity index (χ1) is 13.8. The van der Waals surface area contributed by atoms with E-state index in [0.717, 1.165) is 17.8 Å². The van der Waals surface area contributed by atoms with Crippen molar-refractivity contribution >= 4 is 23.3 Å². The molecule has 0 spiro atoms. The van der Waals surface area contributed by atoms with Crippen molar-refractivity contribution in [1.29, 1.82) is 0 Å². The maximum Gasteiger partial charge on any atom is 0.144 e. The average Bonchev–Trinajstić information content (AvgIpc) is 3.18. The van der Waals surface area contributed by atoms with Crippen LogP contribution >= 0.6 is 12.4 Å². The minimum atomic E-state index is 0. The molecular weight excluding hydrogens is 382 g/mol. The second-order valence-corrected chi connectivity index (χ2v) is 7.01. The summed E-state index contributed by atoms with van der Waals surface area (Å²) in [7, 11) is 0. The lowest BCUT2D eigenvalue weighted by molar-refractivity contribution is 0.114. The number of unbranched alkanes of at least 4 members (excludes halogenated alkanes) is 7. The number of imidazole rings is 1. The highest BCUT2D eigenvalue weighted by molar-refractivity contribution is 5.85. The first kappa shape index (κ1) is 25.0. The minimum absolute atomic E-state index is 0. The third kappa shape index (κ3) is 9.80. The zero-order valence-electron chi connectivity index (χ0n) is 17.9. The lowest BCUT2D eigenvalue weighted by Gasteiger charge is -2.07. The summed E-state index contributed by atoms with van der Waals surface area (Å²) < 4.78 is 1.81. The second-order valence-electron chi connectivity index (χ2n) is 7.01. The minimum Gasteiger partial charge on any atom is -0.413 e. The molecule has 0 aliphatic heterocycles. The second kappa shape index (κ2) is 15.8. The Morgan fingerprint density at radius 3 is 2.21 bits per heavy atom. The fourth-order valence-electron chi connectivity index (χ4n) is 3.19. The topological polar surface area (TPSA) is 39.9 Å². The van der Waals surface area contributed by atoms with Crippen LogP contribution in [0.1, 0.15) is 71.0 Å². The highest BCUT2D eigenvalue weighted by Crippen LogP contribution is 2.10. The van der Waals surface area contributed by atoms with E-state index in [-0.39, 0.29) is 12.4 Å². The fourth-order valence-corrected chi connectivity index (χ4v) is 3.19. The van der Waals surface area contributed by atoms with Gasteiger partial charge in [0.05, 0.1) is 11.7 Å². The van der Waals surface area contributed by atoms with Crippen molar-refractivity contribution in [3.63, 3.8) is 0 Å². The average molecular weight is 418 g/mol. The Hall–Kier alpha value is -2.07. The van der Waals surface area contributed by atoms with Crippen LogP contribution in [-0.4, -0.2) is 21.3 Å². The van der Waals surface area contributed by atoms with Crippen LogP contribution in [0, 0.1) is 0 Å². The highest BCUT2D eigenvalue weighted by Gasteiger charge is 2.02. The van der Waals surface area contributed by atoms with Crippen molar-refractivity contribution in [3.8, 4) is 0 Å². The van der Waals surface area contributed by atoms with Crippen LogP contribution in [0.2, 0.25) is 0 Å². The maximum atomic E-state index is 5.45. The molecule has 2 heterocycles. The number of benzene rings is 1. The van der Waals surface area contributed by atoms with E-state index < -0.39 is 0 Å². The molecule has 160 valence electrons. The van der Waals surface area contributed by atoms with Crippen molar-refractivity contribution in [1.82, 2.24) is 14.7 Å². The lowest BCUT2D eigenvalue weighted by atomic mass is 10.1. The smallest absolute Gasteiger partial charge is 0.144 e. The van der Waals surface area contributed by atoms with E-state index in [9.17, 15) is 0 Å². The summed E-state index contributed by atoms with van der Waals surface area (Å²) in [4.78, 5) is 14.0. The van der Waals surface area contributed by atoms with E-state index in [0.29, 0.717) is 6.61 Å². The molecule has 4 nitrogen and oxygen atoms in total. The van der Waals surface area contributed by atoms with E-state index in [1.54, 1.807) is 4.73 Å². The zero-order valence-corrected chi connectivity index (χ0v) is 18.7. The van der Waals surface area contributed by atoms with E-state index in [1.165, 1.54) is 56.8 Å².